The van der Waals surface area contributed by atoms with E-state index in [2.05, 4.69) is 10.3 Å². The lowest BCUT2D eigenvalue weighted by Gasteiger charge is -2.22. The molecular formula is C14H19F3N2O. The Labute approximate surface area is 116 Å². The highest BCUT2D eigenvalue weighted by molar-refractivity contribution is 5.38. The highest BCUT2D eigenvalue weighted by Crippen LogP contribution is 2.29. The van der Waals surface area contributed by atoms with Gasteiger partial charge in [0.05, 0.1) is 18.3 Å². The maximum absolute atomic E-state index is 12.5. The van der Waals surface area contributed by atoms with E-state index < -0.39 is 11.7 Å². The van der Waals surface area contributed by atoms with Crippen molar-refractivity contribution in [3.63, 3.8) is 0 Å². The van der Waals surface area contributed by atoms with Gasteiger partial charge in [-0.3, -0.25) is 0 Å². The topological polar surface area (TPSA) is 34.2 Å². The quantitative estimate of drug-likeness (QED) is 0.835. The molecule has 0 bridgehead atoms. The molecule has 1 fully saturated rings. The Hall–Kier alpha value is -1.30. The van der Waals surface area contributed by atoms with Gasteiger partial charge in [0.15, 0.2) is 0 Å². The predicted molar refractivity (Wildman–Crippen MR) is 70.6 cm³/mol. The summed E-state index contributed by atoms with van der Waals surface area (Å²) in [6.45, 7) is 0.952. The second-order valence-corrected chi connectivity index (χ2v) is 4.99. The molecule has 20 heavy (non-hydrogen) atoms. The molecule has 1 aliphatic rings. The molecule has 1 heterocycles. The van der Waals surface area contributed by atoms with E-state index in [4.69, 9.17) is 4.74 Å². The molecule has 6 heteroatoms. The molecular weight excluding hydrogens is 269 g/mol. The third kappa shape index (κ3) is 4.67. The number of hydrogen-bond donors (Lipinski definition) is 1. The zero-order valence-corrected chi connectivity index (χ0v) is 11.2. The van der Waals surface area contributed by atoms with Gasteiger partial charge in [-0.15, -0.1) is 0 Å². The first kappa shape index (κ1) is 15.1. The van der Waals surface area contributed by atoms with Gasteiger partial charge in [0, 0.05) is 12.7 Å². The molecule has 0 aliphatic heterocycles. The molecule has 0 radical (unpaired) electrons. The van der Waals surface area contributed by atoms with E-state index in [1.165, 1.54) is 19.3 Å². The molecule has 0 spiro atoms. The van der Waals surface area contributed by atoms with E-state index in [1.807, 2.05) is 0 Å². The number of pyridine rings is 1. The summed E-state index contributed by atoms with van der Waals surface area (Å²) in [4.78, 5) is 3.87. The SMILES string of the molecule is FC(F)(F)c1ccnc(NCCOC2CCCCC2)c1. The average molecular weight is 288 g/mol. The van der Waals surface area contributed by atoms with Crippen molar-refractivity contribution < 1.29 is 17.9 Å². The maximum Gasteiger partial charge on any atom is 0.416 e. The van der Waals surface area contributed by atoms with Gasteiger partial charge in [-0.25, -0.2) is 4.98 Å². The summed E-state index contributed by atoms with van der Waals surface area (Å²) in [5, 5.41) is 2.86. The number of alkyl halides is 3. The first-order chi connectivity index (χ1) is 9.55. The van der Waals surface area contributed by atoms with Crippen LogP contribution in [0.15, 0.2) is 18.3 Å². The zero-order chi connectivity index (χ0) is 14.4. The van der Waals surface area contributed by atoms with Crippen molar-refractivity contribution >= 4 is 5.82 Å². The molecule has 1 N–H and O–H groups in total. The van der Waals surface area contributed by atoms with Crippen LogP contribution in [-0.2, 0) is 10.9 Å². The van der Waals surface area contributed by atoms with Gasteiger partial charge >= 0.3 is 6.18 Å². The normalized spacial score (nSPS) is 17.1. The maximum atomic E-state index is 12.5. The number of nitrogens with one attached hydrogen (secondary N) is 1. The number of nitrogens with zero attached hydrogens (tertiary/aromatic N) is 1. The first-order valence-electron chi connectivity index (χ1n) is 6.94. The second-order valence-electron chi connectivity index (χ2n) is 4.99. The molecule has 1 aliphatic carbocycles. The molecule has 2 rings (SSSR count). The van der Waals surface area contributed by atoms with Crippen LogP contribution in [0.5, 0.6) is 0 Å². The number of rotatable bonds is 5. The highest BCUT2D eigenvalue weighted by atomic mass is 19.4. The Morgan fingerprint density at radius 1 is 1.25 bits per heavy atom. The summed E-state index contributed by atoms with van der Waals surface area (Å²) in [5.74, 6) is 0.229. The fourth-order valence-corrected chi connectivity index (χ4v) is 2.34. The lowest BCUT2D eigenvalue weighted by atomic mass is 9.98. The lowest BCUT2D eigenvalue weighted by molar-refractivity contribution is -0.137. The van der Waals surface area contributed by atoms with E-state index in [-0.39, 0.29) is 5.82 Å². The summed E-state index contributed by atoms with van der Waals surface area (Å²) in [7, 11) is 0. The molecule has 1 aromatic rings. The van der Waals surface area contributed by atoms with Crippen LogP contribution in [0.2, 0.25) is 0 Å². The monoisotopic (exact) mass is 288 g/mol. The summed E-state index contributed by atoms with van der Waals surface area (Å²) >= 11 is 0. The third-order valence-corrected chi connectivity index (χ3v) is 3.40. The van der Waals surface area contributed by atoms with E-state index >= 15 is 0 Å². The van der Waals surface area contributed by atoms with Gasteiger partial charge in [0.2, 0.25) is 0 Å². The fourth-order valence-electron chi connectivity index (χ4n) is 2.34. The predicted octanol–water partition coefficient (Wildman–Crippen LogP) is 3.86. The van der Waals surface area contributed by atoms with Gasteiger partial charge < -0.3 is 10.1 Å². The van der Waals surface area contributed by atoms with Crippen molar-refractivity contribution in [2.45, 2.75) is 44.4 Å². The molecule has 1 saturated carbocycles. The summed E-state index contributed by atoms with van der Waals surface area (Å²) in [5.41, 5.74) is -0.691. The van der Waals surface area contributed by atoms with E-state index in [0.29, 0.717) is 19.3 Å². The van der Waals surface area contributed by atoms with E-state index in [0.717, 1.165) is 31.2 Å². The second kappa shape index (κ2) is 6.92. The Morgan fingerprint density at radius 2 is 2.00 bits per heavy atom. The van der Waals surface area contributed by atoms with Crippen molar-refractivity contribution in [2.24, 2.45) is 0 Å². The molecule has 112 valence electrons. The highest BCUT2D eigenvalue weighted by Gasteiger charge is 2.30. The van der Waals surface area contributed by atoms with Crippen LogP contribution >= 0.6 is 0 Å². The van der Waals surface area contributed by atoms with Crippen LogP contribution in [-0.4, -0.2) is 24.2 Å². The fraction of sp³-hybridized carbons (Fsp3) is 0.643. The van der Waals surface area contributed by atoms with E-state index in [9.17, 15) is 13.2 Å². The van der Waals surface area contributed by atoms with Crippen LogP contribution in [0.25, 0.3) is 0 Å². The molecule has 1 aromatic heterocycles. The molecule has 0 unspecified atom stereocenters. The Bertz CT molecular complexity index is 417. The number of anilines is 1. The smallest absolute Gasteiger partial charge is 0.376 e. The summed E-state index contributed by atoms with van der Waals surface area (Å²) in [6.07, 6.45) is 2.97. The van der Waals surface area contributed by atoms with Gasteiger partial charge in [0.1, 0.15) is 5.82 Å². The van der Waals surface area contributed by atoms with Gasteiger partial charge in [0.25, 0.3) is 0 Å². The average Bonchev–Trinajstić information content (AvgIpc) is 2.44. The van der Waals surface area contributed by atoms with Crippen molar-refractivity contribution in [1.82, 2.24) is 4.98 Å². The number of halogens is 3. The largest absolute Gasteiger partial charge is 0.416 e. The van der Waals surface area contributed by atoms with Gasteiger partial charge in [-0.05, 0) is 25.0 Å². The Balaban J connectivity index is 1.73. The lowest BCUT2D eigenvalue weighted by Crippen LogP contribution is -2.20. The summed E-state index contributed by atoms with van der Waals surface area (Å²) in [6, 6.07) is 1.98. The standard InChI is InChI=1S/C14H19F3N2O/c15-14(16,17)11-6-7-18-13(10-11)19-8-9-20-12-4-2-1-3-5-12/h6-7,10,12H,1-5,8-9H2,(H,18,19). The van der Waals surface area contributed by atoms with Gasteiger partial charge in [-0.1, -0.05) is 19.3 Å². The third-order valence-electron chi connectivity index (χ3n) is 3.40. The van der Waals surface area contributed by atoms with Crippen molar-refractivity contribution in [3.8, 4) is 0 Å². The Morgan fingerprint density at radius 3 is 2.70 bits per heavy atom. The van der Waals surface area contributed by atoms with Crippen molar-refractivity contribution in [2.75, 3.05) is 18.5 Å². The Kier molecular flexibility index (Phi) is 5.23. The molecule has 3 nitrogen and oxygen atoms in total. The minimum absolute atomic E-state index is 0.229. The molecule has 0 amide bonds. The molecule has 0 atom stereocenters. The molecule has 0 saturated heterocycles. The van der Waals surface area contributed by atoms with Crippen LogP contribution in [0.4, 0.5) is 19.0 Å². The number of ether oxygens (including phenoxy) is 1. The number of aromatic nitrogens is 1. The number of hydrogen-bond acceptors (Lipinski definition) is 3. The summed E-state index contributed by atoms with van der Waals surface area (Å²) < 4.78 is 43.2. The van der Waals surface area contributed by atoms with Gasteiger partial charge in [-0.2, -0.15) is 13.2 Å². The van der Waals surface area contributed by atoms with E-state index in [1.54, 1.807) is 0 Å². The van der Waals surface area contributed by atoms with Crippen molar-refractivity contribution in [3.05, 3.63) is 23.9 Å². The first-order valence-corrected chi connectivity index (χ1v) is 6.94. The van der Waals surface area contributed by atoms with Crippen LogP contribution in [0, 0.1) is 0 Å². The minimum atomic E-state index is -4.34. The van der Waals surface area contributed by atoms with Crippen LogP contribution in [0.1, 0.15) is 37.7 Å². The minimum Gasteiger partial charge on any atom is -0.376 e. The van der Waals surface area contributed by atoms with Crippen LogP contribution < -0.4 is 5.32 Å². The van der Waals surface area contributed by atoms with Crippen molar-refractivity contribution in [1.29, 1.82) is 0 Å². The van der Waals surface area contributed by atoms with Crippen LogP contribution in [0.3, 0.4) is 0 Å². The molecule has 0 aromatic carbocycles. The zero-order valence-electron chi connectivity index (χ0n) is 11.2.